The Labute approximate surface area is 402 Å². The molecule has 0 bridgehead atoms. The Balaban J connectivity index is 1.17. The van der Waals surface area contributed by atoms with Crippen molar-refractivity contribution in [1.29, 1.82) is 0 Å². The second kappa shape index (κ2) is 14.8. The Kier molecular flexibility index (Phi) is 8.49. The van der Waals surface area contributed by atoms with Gasteiger partial charge >= 0.3 is 0 Å². The average molecular weight is 881 g/mol. The molecule has 69 heavy (non-hydrogen) atoms. The number of hydrogen-bond acceptors (Lipinski definition) is 0. The summed E-state index contributed by atoms with van der Waals surface area (Å²) in [6.07, 6.45) is 0. The lowest BCUT2D eigenvalue weighted by Gasteiger charge is -2.36. The van der Waals surface area contributed by atoms with Gasteiger partial charge in [0.25, 0.3) is 0 Å². The molecular formula is C67H48N2. The summed E-state index contributed by atoms with van der Waals surface area (Å²) in [5, 5.41) is 10.0. The van der Waals surface area contributed by atoms with Crippen LogP contribution >= 0.6 is 0 Å². The first-order valence-corrected chi connectivity index (χ1v) is 24.2. The van der Waals surface area contributed by atoms with E-state index >= 15 is 0 Å². The van der Waals surface area contributed by atoms with Crippen LogP contribution in [0.3, 0.4) is 0 Å². The number of aromatic nitrogens is 2. The van der Waals surface area contributed by atoms with Crippen molar-refractivity contribution in [2.24, 2.45) is 14.1 Å². The van der Waals surface area contributed by atoms with Gasteiger partial charge in [0.15, 0.2) is 0 Å². The molecule has 2 heteroatoms. The second-order valence-electron chi connectivity index (χ2n) is 19.4. The quantitative estimate of drug-likeness (QED) is 0.152. The summed E-state index contributed by atoms with van der Waals surface area (Å²) in [4.78, 5) is 0. The van der Waals surface area contributed by atoms with Gasteiger partial charge in [-0.1, -0.05) is 211 Å². The topological polar surface area (TPSA) is 9.86 Å². The Bertz CT molecular complexity index is 4050. The fourth-order valence-corrected chi connectivity index (χ4v) is 12.8. The predicted octanol–water partition coefficient (Wildman–Crippen LogP) is 17.3. The molecule has 2 aromatic heterocycles. The van der Waals surface area contributed by atoms with E-state index in [1.165, 1.54) is 143 Å². The molecule has 2 heterocycles. The largest absolute Gasteiger partial charge is 0.343 e. The van der Waals surface area contributed by atoms with Crippen molar-refractivity contribution in [2.75, 3.05) is 0 Å². The fraction of sp³-hybridized carbons (Fsp3) is 0.0746. The maximum absolute atomic E-state index is 2.52. The van der Waals surface area contributed by atoms with Crippen LogP contribution in [0.1, 0.15) is 33.4 Å². The number of fused-ring (bicyclic) bond motifs is 11. The van der Waals surface area contributed by atoms with Crippen molar-refractivity contribution in [3.05, 3.63) is 252 Å². The van der Waals surface area contributed by atoms with Crippen molar-refractivity contribution in [3.63, 3.8) is 0 Å². The van der Waals surface area contributed by atoms with Gasteiger partial charge in [0, 0.05) is 57.8 Å². The molecule has 0 N–H and O–H groups in total. The lowest BCUT2D eigenvalue weighted by atomic mass is 9.65. The lowest BCUT2D eigenvalue weighted by molar-refractivity contribution is 0.769. The van der Waals surface area contributed by atoms with Gasteiger partial charge in [-0.25, -0.2) is 0 Å². The van der Waals surface area contributed by atoms with Crippen molar-refractivity contribution >= 4 is 65.2 Å². The van der Waals surface area contributed by atoms with E-state index in [9.17, 15) is 0 Å². The standard InChI is InChI=1S/C67H48N2/c1-41-32-36-43(37-33-41)67(44-38-34-42(2)35-39-44)60-29-8-5-16-47(60)52-23-13-28-57(64(52)67)63-50-21-11-19-45(53-24-14-26-55-48-17-6-9-30-61(48)68(3)65(53)55)58(50)40-59-46(20-12-22-51(59)63)54-25-15-27-56-49-18-7-10-31-62(49)69(4)66(54)56/h5-40H,1-4H3. The molecule has 0 amide bonds. The van der Waals surface area contributed by atoms with E-state index in [4.69, 9.17) is 0 Å². The van der Waals surface area contributed by atoms with Crippen LogP contribution < -0.4 is 0 Å². The number of hydrogen-bond donors (Lipinski definition) is 0. The van der Waals surface area contributed by atoms with Crippen LogP contribution in [0.5, 0.6) is 0 Å². The molecule has 0 unspecified atom stereocenters. The Morgan fingerprint density at radius 3 is 1.23 bits per heavy atom. The number of nitrogens with zero attached hydrogens (tertiary/aromatic N) is 2. The number of aryl methyl sites for hydroxylation is 4. The van der Waals surface area contributed by atoms with E-state index in [1.807, 2.05) is 0 Å². The third-order valence-corrected chi connectivity index (χ3v) is 15.8. The molecule has 1 aliphatic rings. The van der Waals surface area contributed by atoms with Gasteiger partial charge < -0.3 is 9.13 Å². The van der Waals surface area contributed by atoms with Crippen LogP contribution in [0.15, 0.2) is 218 Å². The van der Waals surface area contributed by atoms with Gasteiger partial charge in [0.05, 0.1) is 16.4 Å². The van der Waals surface area contributed by atoms with Gasteiger partial charge in [-0.3, -0.25) is 0 Å². The molecule has 0 aliphatic heterocycles. The average Bonchev–Trinajstić information content (AvgIpc) is 3.99. The third-order valence-electron chi connectivity index (χ3n) is 15.8. The highest BCUT2D eigenvalue weighted by molar-refractivity contribution is 6.23. The van der Waals surface area contributed by atoms with E-state index < -0.39 is 5.41 Å². The zero-order valence-electron chi connectivity index (χ0n) is 39.2. The smallest absolute Gasteiger partial charge is 0.0719 e. The van der Waals surface area contributed by atoms with Crippen molar-refractivity contribution in [3.8, 4) is 44.5 Å². The van der Waals surface area contributed by atoms with E-state index in [2.05, 4.69) is 255 Å². The molecular weight excluding hydrogens is 833 g/mol. The molecule has 0 radical (unpaired) electrons. The predicted molar refractivity (Wildman–Crippen MR) is 293 cm³/mol. The number of para-hydroxylation sites is 4. The minimum atomic E-state index is -0.600. The third kappa shape index (κ3) is 5.43. The van der Waals surface area contributed by atoms with Gasteiger partial charge in [-0.15, -0.1) is 0 Å². The normalized spacial score (nSPS) is 13.0. The summed E-state index contributed by atoms with van der Waals surface area (Å²) in [5.74, 6) is 0. The van der Waals surface area contributed by atoms with Crippen LogP contribution in [-0.2, 0) is 19.5 Å². The summed E-state index contributed by atoms with van der Waals surface area (Å²) in [6.45, 7) is 4.39. The van der Waals surface area contributed by atoms with Crippen molar-refractivity contribution in [2.45, 2.75) is 19.3 Å². The maximum Gasteiger partial charge on any atom is 0.0719 e. The summed E-state index contributed by atoms with van der Waals surface area (Å²) >= 11 is 0. The molecule has 0 atom stereocenters. The molecule has 1 aliphatic carbocycles. The summed E-state index contributed by atoms with van der Waals surface area (Å²) in [6, 6.07) is 82.9. The Morgan fingerprint density at radius 2 is 0.696 bits per heavy atom. The van der Waals surface area contributed by atoms with Crippen LogP contribution in [0.4, 0.5) is 0 Å². The zero-order chi connectivity index (χ0) is 46.1. The van der Waals surface area contributed by atoms with E-state index in [0.29, 0.717) is 0 Å². The highest BCUT2D eigenvalue weighted by Crippen LogP contribution is 2.60. The number of benzene rings is 11. The van der Waals surface area contributed by atoms with Gasteiger partial charge in [-0.05, 0) is 109 Å². The first-order chi connectivity index (χ1) is 33.9. The monoisotopic (exact) mass is 880 g/mol. The Hall–Kier alpha value is -8.46. The minimum Gasteiger partial charge on any atom is -0.343 e. The SMILES string of the molecule is Cc1ccc(C2(c3ccc(C)cc3)c3ccccc3-c3cccc(-c4c5cccc(-c6cccc7c8ccccc8n(C)c67)c5cc5c(-c6cccc7c8ccccc8n(C)c67)cccc45)c32)cc1. The van der Waals surface area contributed by atoms with E-state index in [1.54, 1.807) is 0 Å². The summed E-state index contributed by atoms with van der Waals surface area (Å²) < 4.78 is 4.79. The van der Waals surface area contributed by atoms with Crippen molar-refractivity contribution < 1.29 is 0 Å². The first kappa shape index (κ1) is 39.7. The van der Waals surface area contributed by atoms with Crippen molar-refractivity contribution in [1.82, 2.24) is 9.13 Å². The van der Waals surface area contributed by atoms with Crippen LogP contribution in [0.2, 0.25) is 0 Å². The van der Waals surface area contributed by atoms with Gasteiger partial charge in [-0.2, -0.15) is 0 Å². The van der Waals surface area contributed by atoms with Gasteiger partial charge in [0.2, 0.25) is 0 Å². The molecule has 14 rings (SSSR count). The molecule has 0 saturated heterocycles. The molecule has 0 fully saturated rings. The molecule has 0 spiro atoms. The molecule has 11 aromatic carbocycles. The minimum absolute atomic E-state index is 0.600. The maximum atomic E-state index is 2.52. The molecule has 0 saturated carbocycles. The summed E-state index contributed by atoms with van der Waals surface area (Å²) in [5.41, 5.74) is 22.0. The first-order valence-electron chi connectivity index (χ1n) is 24.2. The lowest BCUT2D eigenvalue weighted by Crippen LogP contribution is -2.29. The van der Waals surface area contributed by atoms with E-state index in [-0.39, 0.29) is 0 Å². The summed E-state index contributed by atoms with van der Waals surface area (Å²) in [7, 11) is 4.45. The molecule has 326 valence electrons. The zero-order valence-corrected chi connectivity index (χ0v) is 39.2. The number of rotatable bonds is 5. The van der Waals surface area contributed by atoms with Crippen LogP contribution in [-0.4, -0.2) is 9.13 Å². The molecule has 13 aromatic rings. The van der Waals surface area contributed by atoms with Gasteiger partial charge in [0.1, 0.15) is 0 Å². The molecule has 2 nitrogen and oxygen atoms in total. The van der Waals surface area contributed by atoms with E-state index in [0.717, 1.165) is 0 Å². The highest BCUT2D eigenvalue weighted by atomic mass is 14.9. The fourth-order valence-electron chi connectivity index (χ4n) is 12.8. The van der Waals surface area contributed by atoms with Crippen LogP contribution in [0.25, 0.3) is 110 Å². The van der Waals surface area contributed by atoms with Crippen LogP contribution in [0, 0.1) is 13.8 Å². The highest BCUT2D eigenvalue weighted by Gasteiger charge is 2.48. The second-order valence-corrected chi connectivity index (χ2v) is 19.4. The Morgan fingerprint density at radius 1 is 0.304 bits per heavy atom.